The number of rotatable bonds is 9. The molecule has 0 radical (unpaired) electrons. The maximum absolute atomic E-state index is 13.6. The van der Waals surface area contributed by atoms with Gasteiger partial charge in [-0.25, -0.2) is 4.39 Å². The molecule has 1 aromatic rings. The lowest BCUT2D eigenvalue weighted by Crippen LogP contribution is -2.20. The summed E-state index contributed by atoms with van der Waals surface area (Å²) in [5.41, 5.74) is 0.0711. The number of halogens is 1. The van der Waals surface area contributed by atoms with Crippen molar-refractivity contribution in [2.75, 3.05) is 6.61 Å². The van der Waals surface area contributed by atoms with E-state index < -0.39 is 5.82 Å². The lowest BCUT2D eigenvalue weighted by atomic mass is 9.80. The van der Waals surface area contributed by atoms with Gasteiger partial charge in [-0.3, -0.25) is 0 Å². The minimum absolute atomic E-state index is 0.0711. The molecular weight excluding hydrogens is 301 g/mol. The van der Waals surface area contributed by atoms with Gasteiger partial charge in [0, 0.05) is 6.07 Å². The van der Waals surface area contributed by atoms with Crippen LogP contribution in [-0.4, -0.2) is 6.61 Å². The standard InChI is InChI=1S/C21H30FNO/c1-2-3-4-5-6-7-17-8-10-18(11-9-17)16-24-20-13-12-19(15-23)21(22)14-20/h12-14,17-18H,2-11,16H2,1H3/t17-,18-. The zero-order valence-electron chi connectivity index (χ0n) is 14.9. The molecule has 0 aromatic heterocycles. The van der Waals surface area contributed by atoms with Gasteiger partial charge in [-0.2, -0.15) is 5.26 Å². The second-order valence-corrected chi connectivity index (χ2v) is 7.15. The Bertz CT molecular complexity index is 529. The third-order valence-electron chi connectivity index (χ3n) is 5.23. The minimum atomic E-state index is -0.498. The van der Waals surface area contributed by atoms with E-state index in [0.717, 1.165) is 5.92 Å². The smallest absolute Gasteiger partial charge is 0.144 e. The summed E-state index contributed by atoms with van der Waals surface area (Å²) in [6.45, 7) is 2.92. The van der Waals surface area contributed by atoms with Crippen molar-refractivity contribution in [1.29, 1.82) is 5.26 Å². The Morgan fingerprint density at radius 2 is 1.79 bits per heavy atom. The highest BCUT2D eigenvalue weighted by Gasteiger charge is 2.21. The van der Waals surface area contributed by atoms with Crippen LogP contribution in [0, 0.1) is 29.0 Å². The van der Waals surface area contributed by atoms with Gasteiger partial charge in [0.2, 0.25) is 0 Å². The van der Waals surface area contributed by atoms with Crippen LogP contribution >= 0.6 is 0 Å². The Labute approximate surface area is 146 Å². The van der Waals surface area contributed by atoms with E-state index in [4.69, 9.17) is 10.00 Å². The van der Waals surface area contributed by atoms with Gasteiger partial charge in [-0.1, -0.05) is 58.3 Å². The predicted octanol–water partition coefficient (Wildman–Crippen LogP) is 6.24. The third-order valence-corrected chi connectivity index (χ3v) is 5.23. The molecule has 0 atom stereocenters. The molecule has 2 rings (SSSR count). The fourth-order valence-electron chi connectivity index (χ4n) is 3.61. The van der Waals surface area contributed by atoms with Gasteiger partial charge in [0.1, 0.15) is 17.6 Å². The largest absolute Gasteiger partial charge is 0.493 e. The Kier molecular flexibility index (Phi) is 8.08. The van der Waals surface area contributed by atoms with Gasteiger partial charge in [0.25, 0.3) is 0 Å². The van der Waals surface area contributed by atoms with Crippen LogP contribution in [-0.2, 0) is 0 Å². The molecule has 1 aromatic carbocycles. The first kappa shape index (κ1) is 18.8. The van der Waals surface area contributed by atoms with Crippen molar-refractivity contribution < 1.29 is 9.13 Å². The average molecular weight is 331 g/mol. The number of ether oxygens (including phenoxy) is 1. The van der Waals surface area contributed by atoms with E-state index in [1.807, 2.05) is 6.07 Å². The minimum Gasteiger partial charge on any atom is -0.493 e. The molecule has 24 heavy (non-hydrogen) atoms. The van der Waals surface area contributed by atoms with Crippen LogP contribution in [0.15, 0.2) is 18.2 Å². The summed E-state index contributed by atoms with van der Waals surface area (Å²) < 4.78 is 19.3. The Morgan fingerprint density at radius 3 is 2.46 bits per heavy atom. The second kappa shape index (κ2) is 10.3. The van der Waals surface area contributed by atoms with Gasteiger partial charge in [-0.05, 0) is 36.8 Å². The molecule has 0 amide bonds. The van der Waals surface area contributed by atoms with Crippen LogP contribution in [0.1, 0.15) is 76.7 Å². The molecule has 0 aliphatic heterocycles. The highest BCUT2D eigenvalue weighted by atomic mass is 19.1. The molecule has 0 spiro atoms. The van der Waals surface area contributed by atoms with Crippen LogP contribution in [0.5, 0.6) is 5.75 Å². The molecule has 0 saturated heterocycles. The third kappa shape index (κ3) is 6.15. The first-order chi connectivity index (χ1) is 11.7. The van der Waals surface area contributed by atoms with Gasteiger partial charge >= 0.3 is 0 Å². The quantitative estimate of drug-likeness (QED) is 0.501. The van der Waals surface area contributed by atoms with E-state index in [2.05, 4.69) is 6.92 Å². The van der Waals surface area contributed by atoms with Crippen molar-refractivity contribution in [3.8, 4) is 11.8 Å². The monoisotopic (exact) mass is 331 g/mol. The van der Waals surface area contributed by atoms with Crippen LogP contribution < -0.4 is 4.74 Å². The Balaban J connectivity index is 1.63. The lowest BCUT2D eigenvalue weighted by molar-refractivity contribution is 0.177. The fraction of sp³-hybridized carbons (Fsp3) is 0.667. The summed E-state index contributed by atoms with van der Waals surface area (Å²) >= 11 is 0. The topological polar surface area (TPSA) is 33.0 Å². The molecule has 1 aliphatic rings. The van der Waals surface area contributed by atoms with E-state index >= 15 is 0 Å². The van der Waals surface area contributed by atoms with Crippen molar-refractivity contribution in [2.45, 2.75) is 71.1 Å². The molecule has 132 valence electrons. The van der Waals surface area contributed by atoms with E-state index in [-0.39, 0.29) is 5.56 Å². The molecule has 1 aliphatic carbocycles. The van der Waals surface area contributed by atoms with Gasteiger partial charge < -0.3 is 4.74 Å². The van der Waals surface area contributed by atoms with E-state index in [1.54, 1.807) is 6.07 Å². The summed E-state index contributed by atoms with van der Waals surface area (Å²) in [6, 6.07) is 6.32. The number of benzene rings is 1. The molecule has 0 unspecified atom stereocenters. The van der Waals surface area contributed by atoms with E-state index in [0.29, 0.717) is 18.3 Å². The van der Waals surface area contributed by atoms with Crippen molar-refractivity contribution in [3.05, 3.63) is 29.6 Å². The molecule has 1 fully saturated rings. The number of unbranched alkanes of at least 4 members (excludes halogenated alkanes) is 4. The average Bonchev–Trinajstić information content (AvgIpc) is 2.61. The zero-order valence-corrected chi connectivity index (χ0v) is 14.9. The van der Waals surface area contributed by atoms with Crippen LogP contribution in [0.4, 0.5) is 4.39 Å². The second-order valence-electron chi connectivity index (χ2n) is 7.15. The summed E-state index contributed by atoms with van der Waals surface area (Å²) in [7, 11) is 0. The van der Waals surface area contributed by atoms with Gasteiger partial charge in [0.05, 0.1) is 12.2 Å². The van der Waals surface area contributed by atoms with Crippen molar-refractivity contribution in [1.82, 2.24) is 0 Å². The van der Waals surface area contributed by atoms with Crippen molar-refractivity contribution in [2.24, 2.45) is 11.8 Å². The maximum Gasteiger partial charge on any atom is 0.144 e. The van der Waals surface area contributed by atoms with Crippen molar-refractivity contribution >= 4 is 0 Å². The van der Waals surface area contributed by atoms with Crippen LogP contribution in [0.3, 0.4) is 0 Å². The van der Waals surface area contributed by atoms with E-state index in [1.165, 1.54) is 76.3 Å². The fourth-order valence-corrected chi connectivity index (χ4v) is 3.61. The predicted molar refractivity (Wildman–Crippen MR) is 95.4 cm³/mol. The van der Waals surface area contributed by atoms with Crippen LogP contribution in [0.25, 0.3) is 0 Å². The number of hydrogen-bond acceptors (Lipinski definition) is 2. The number of hydrogen-bond donors (Lipinski definition) is 0. The molecule has 2 nitrogen and oxygen atoms in total. The highest BCUT2D eigenvalue weighted by Crippen LogP contribution is 2.32. The van der Waals surface area contributed by atoms with Crippen molar-refractivity contribution in [3.63, 3.8) is 0 Å². The number of nitriles is 1. The van der Waals surface area contributed by atoms with E-state index in [9.17, 15) is 4.39 Å². The molecule has 0 bridgehead atoms. The number of nitrogens with zero attached hydrogens (tertiary/aromatic N) is 1. The molecule has 3 heteroatoms. The summed E-state index contributed by atoms with van der Waals surface area (Å²) in [4.78, 5) is 0. The molecule has 1 saturated carbocycles. The Hall–Kier alpha value is -1.56. The zero-order chi connectivity index (χ0) is 17.2. The highest BCUT2D eigenvalue weighted by molar-refractivity contribution is 5.36. The molecule has 0 N–H and O–H groups in total. The van der Waals surface area contributed by atoms with Crippen LogP contribution in [0.2, 0.25) is 0 Å². The first-order valence-electron chi connectivity index (χ1n) is 9.55. The summed E-state index contributed by atoms with van der Waals surface area (Å²) in [6.07, 6.45) is 13.3. The maximum atomic E-state index is 13.6. The Morgan fingerprint density at radius 1 is 1.08 bits per heavy atom. The first-order valence-corrected chi connectivity index (χ1v) is 9.55. The SMILES string of the molecule is CCCCCCC[C@H]1CC[C@H](COc2ccc(C#N)c(F)c2)CC1. The van der Waals surface area contributed by atoms with Gasteiger partial charge in [-0.15, -0.1) is 0 Å². The normalized spacial score (nSPS) is 20.5. The molecule has 0 heterocycles. The lowest BCUT2D eigenvalue weighted by Gasteiger charge is -2.28. The summed E-state index contributed by atoms with van der Waals surface area (Å²) in [5.74, 6) is 1.52. The molecular formula is C21H30FNO. The van der Waals surface area contributed by atoms with Gasteiger partial charge in [0.15, 0.2) is 0 Å². The summed E-state index contributed by atoms with van der Waals surface area (Å²) in [5, 5.41) is 8.74.